The minimum Gasteiger partial charge on any atom is -0.260 e. The van der Waals surface area contributed by atoms with Crippen LogP contribution in [0.15, 0.2) is 0 Å². The van der Waals surface area contributed by atoms with Gasteiger partial charge in [-0.1, -0.05) is 0 Å². The van der Waals surface area contributed by atoms with Crippen molar-refractivity contribution in [3.8, 4) is 0 Å². The molecule has 0 bridgehead atoms. The Morgan fingerprint density at radius 3 is 2.60 bits per heavy atom. The van der Waals surface area contributed by atoms with E-state index in [1.54, 1.807) is 6.26 Å². The normalized spacial score (nSPS) is 37.4. The lowest BCUT2D eigenvalue weighted by atomic mass is 9.98. The van der Waals surface area contributed by atoms with Gasteiger partial charge in [-0.15, -0.1) is 0 Å². The average Bonchev–Trinajstić information content (AvgIpc) is 1.88. The molecular formula is C7H13FOS. The van der Waals surface area contributed by atoms with Crippen molar-refractivity contribution in [1.29, 1.82) is 0 Å². The van der Waals surface area contributed by atoms with E-state index in [9.17, 15) is 8.60 Å². The molecule has 10 heavy (non-hydrogen) atoms. The highest BCUT2D eigenvalue weighted by molar-refractivity contribution is 7.84. The van der Waals surface area contributed by atoms with Crippen molar-refractivity contribution in [2.75, 3.05) is 6.26 Å². The zero-order chi connectivity index (χ0) is 7.56. The summed E-state index contributed by atoms with van der Waals surface area (Å²) in [5, 5.41) is 0.128. The number of alkyl halides is 1. The Balaban J connectivity index is 2.39. The molecule has 0 aromatic carbocycles. The molecule has 0 spiro atoms. The summed E-state index contributed by atoms with van der Waals surface area (Å²) in [7, 11) is -0.813. The van der Waals surface area contributed by atoms with Crippen LogP contribution >= 0.6 is 0 Å². The molecule has 1 saturated carbocycles. The van der Waals surface area contributed by atoms with E-state index in [2.05, 4.69) is 0 Å². The van der Waals surface area contributed by atoms with E-state index in [1.807, 2.05) is 0 Å². The molecule has 3 unspecified atom stereocenters. The van der Waals surface area contributed by atoms with Crippen molar-refractivity contribution >= 4 is 10.8 Å². The standard InChI is InChI=1S/C7H13FOS/c1-10(9)7-4-2-3-6(8)5-7/h6-7H,2-5H2,1H3. The second-order valence-electron chi connectivity index (χ2n) is 2.88. The fraction of sp³-hybridized carbons (Fsp3) is 1.00. The number of rotatable bonds is 1. The smallest absolute Gasteiger partial charge is 0.101 e. The zero-order valence-electron chi connectivity index (χ0n) is 6.18. The van der Waals surface area contributed by atoms with Crippen LogP contribution in [0.2, 0.25) is 0 Å². The van der Waals surface area contributed by atoms with Gasteiger partial charge in [-0.05, 0) is 25.7 Å². The molecule has 1 nitrogen and oxygen atoms in total. The summed E-state index contributed by atoms with van der Waals surface area (Å²) in [6, 6.07) is 0. The molecule has 0 N–H and O–H groups in total. The third-order valence-corrected chi connectivity index (χ3v) is 3.40. The zero-order valence-corrected chi connectivity index (χ0v) is 6.99. The molecule has 1 fully saturated rings. The van der Waals surface area contributed by atoms with Gasteiger partial charge in [0.25, 0.3) is 0 Å². The largest absolute Gasteiger partial charge is 0.260 e. The van der Waals surface area contributed by atoms with Crippen LogP contribution in [0.1, 0.15) is 25.7 Å². The molecule has 1 rings (SSSR count). The Morgan fingerprint density at radius 1 is 1.50 bits per heavy atom. The van der Waals surface area contributed by atoms with Gasteiger partial charge < -0.3 is 0 Å². The van der Waals surface area contributed by atoms with Gasteiger partial charge in [0, 0.05) is 22.3 Å². The quantitative estimate of drug-likeness (QED) is 0.576. The van der Waals surface area contributed by atoms with Gasteiger partial charge in [-0.3, -0.25) is 4.21 Å². The molecule has 0 radical (unpaired) electrons. The summed E-state index contributed by atoms with van der Waals surface area (Å²) in [6.07, 6.45) is 4.02. The van der Waals surface area contributed by atoms with Crippen LogP contribution < -0.4 is 0 Å². The highest BCUT2D eigenvalue weighted by atomic mass is 32.2. The van der Waals surface area contributed by atoms with E-state index in [-0.39, 0.29) is 5.25 Å². The lowest BCUT2D eigenvalue weighted by Gasteiger charge is -2.22. The first-order chi connectivity index (χ1) is 4.70. The molecule has 0 amide bonds. The highest BCUT2D eigenvalue weighted by Crippen LogP contribution is 2.23. The maximum atomic E-state index is 12.7. The Bertz CT molecular complexity index is 138. The van der Waals surface area contributed by atoms with Crippen LogP contribution in [0.4, 0.5) is 4.39 Å². The number of hydrogen-bond donors (Lipinski definition) is 0. The predicted octanol–water partition coefficient (Wildman–Crippen LogP) is 1.65. The van der Waals surface area contributed by atoms with Gasteiger partial charge in [0.1, 0.15) is 6.17 Å². The average molecular weight is 164 g/mol. The van der Waals surface area contributed by atoms with Crippen molar-refractivity contribution in [3.63, 3.8) is 0 Å². The molecule has 0 aliphatic heterocycles. The van der Waals surface area contributed by atoms with Crippen LogP contribution in [-0.4, -0.2) is 21.9 Å². The maximum absolute atomic E-state index is 12.7. The first-order valence-corrected chi connectivity index (χ1v) is 5.28. The van der Waals surface area contributed by atoms with Gasteiger partial charge in [-0.2, -0.15) is 0 Å². The number of halogens is 1. The summed E-state index contributed by atoms with van der Waals surface area (Å²) >= 11 is 0. The van der Waals surface area contributed by atoms with Crippen molar-refractivity contribution in [2.45, 2.75) is 37.1 Å². The third kappa shape index (κ3) is 2.04. The SMILES string of the molecule is CS(=O)C1CCCC(F)C1. The van der Waals surface area contributed by atoms with E-state index >= 15 is 0 Å². The summed E-state index contributed by atoms with van der Waals surface area (Å²) in [6.45, 7) is 0. The third-order valence-electron chi connectivity index (χ3n) is 2.03. The number of hydrogen-bond acceptors (Lipinski definition) is 1. The van der Waals surface area contributed by atoms with Crippen molar-refractivity contribution < 1.29 is 8.60 Å². The van der Waals surface area contributed by atoms with Crippen LogP contribution in [0.3, 0.4) is 0 Å². The van der Waals surface area contributed by atoms with Gasteiger partial charge in [0.15, 0.2) is 0 Å². The van der Waals surface area contributed by atoms with Gasteiger partial charge in [0.05, 0.1) is 0 Å². The summed E-state index contributed by atoms with van der Waals surface area (Å²) in [5.41, 5.74) is 0. The van der Waals surface area contributed by atoms with E-state index in [1.165, 1.54) is 0 Å². The topological polar surface area (TPSA) is 17.1 Å². The van der Waals surface area contributed by atoms with E-state index in [0.717, 1.165) is 12.8 Å². The van der Waals surface area contributed by atoms with Gasteiger partial charge in [-0.25, -0.2) is 4.39 Å². The lowest BCUT2D eigenvalue weighted by molar-refractivity contribution is 0.254. The van der Waals surface area contributed by atoms with Crippen LogP contribution in [-0.2, 0) is 10.8 Å². The fourth-order valence-corrected chi connectivity index (χ4v) is 2.37. The Labute approximate surface area is 63.5 Å². The first kappa shape index (κ1) is 8.18. The molecular weight excluding hydrogens is 151 g/mol. The second-order valence-corrected chi connectivity index (χ2v) is 4.55. The minimum atomic E-state index is -0.813. The van der Waals surface area contributed by atoms with E-state index in [0.29, 0.717) is 12.8 Å². The lowest BCUT2D eigenvalue weighted by Crippen LogP contribution is -2.24. The summed E-state index contributed by atoms with van der Waals surface area (Å²) in [4.78, 5) is 0. The highest BCUT2D eigenvalue weighted by Gasteiger charge is 2.23. The fourth-order valence-electron chi connectivity index (χ4n) is 1.39. The van der Waals surface area contributed by atoms with Crippen molar-refractivity contribution in [3.05, 3.63) is 0 Å². The molecule has 3 heteroatoms. The Kier molecular flexibility index (Phi) is 2.83. The van der Waals surface area contributed by atoms with Crippen LogP contribution in [0.5, 0.6) is 0 Å². The first-order valence-electron chi connectivity index (χ1n) is 3.66. The van der Waals surface area contributed by atoms with E-state index < -0.39 is 17.0 Å². The second kappa shape index (κ2) is 3.46. The Morgan fingerprint density at radius 2 is 2.20 bits per heavy atom. The van der Waals surface area contributed by atoms with Crippen molar-refractivity contribution in [2.24, 2.45) is 0 Å². The molecule has 0 aromatic rings. The molecule has 1 aliphatic rings. The summed E-state index contributed by atoms with van der Waals surface area (Å²) in [5.74, 6) is 0. The molecule has 1 aliphatic carbocycles. The predicted molar refractivity (Wildman–Crippen MR) is 41.2 cm³/mol. The minimum absolute atomic E-state index is 0.128. The van der Waals surface area contributed by atoms with Crippen LogP contribution in [0.25, 0.3) is 0 Å². The molecule has 0 aromatic heterocycles. The van der Waals surface area contributed by atoms with Gasteiger partial charge >= 0.3 is 0 Å². The Hall–Kier alpha value is 0.0800. The molecule has 0 heterocycles. The van der Waals surface area contributed by atoms with Gasteiger partial charge in [0.2, 0.25) is 0 Å². The molecule has 0 saturated heterocycles. The molecule has 3 atom stereocenters. The van der Waals surface area contributed by atoms with Crippen molar-refractivity contribution in [1.82, 2.24) is 0 Å². The molecule has 60 valence electrons. The van der Waals surface area contributed by atoms with E-state index in [4.69, 9.17) is 0 Å². The summed E-state index contributed by atoms with van der Waals surface area (Å²) < 4.78 is 23.5. The maximum Gasteiger partial charge on any atom is 0.101 e. The monoisotopic (exact) mass is 164 g/mol. The van der Waals surface area contributed by atoms with Crippen LogP contribution in [0, 0.1) is 0 Å².